The molecule has 0 spiro atoms. The Hall–Kier alpha value is -1.55. The number of carbonyl (C=O) groups is 1. The maximum atomic E-state index is 12.0. The summed E-state index contributed by atoms with van der Waals surface area (Å²) >= 11 is 0. The van der Waals surface area contributed by atoms with E-state index >= 15 is 0 Å². The Balaban J connectivity index is 2.18. The van der Waals surface area contributed by atoms with E-state index < -0.39 is 0 Å². The van der Waals surface area contributed by atoms with Crippen molar-refractivity contribution in [1.82, 2.24) is 5.32 Å². The van der Waals surface area contributed by atoms with Gasteiger partial charge in [0.15, 0.2) is 17.3 Å². The molecule has 0 bridgehead atoms. The molecule has 0 aromatic heterocycles. The van der Waals surface area contributed by atoms with Gasteiger partial charge in [0.2, 0.25) is 6.79 Å². The Bertz CT molecular complexity index is 403. The van der Waals surface area contributed by atoms with Crippen LogP contribution >= 0.6 is 0 Å². The number of fused-ring (bicyclic) bond motifs is 1. The van der Waals surface area contributed by atoms with Gasteiger partial charge >= 0.3 is 0 Å². The fourth-order valence-corrected chi connectivity index (χ4v) is 1.70. The minimum Gasteiger partial charge on any atom is -0.454 e. The molecule has 1 N–H and O–H groups in total. The first-order valence-electron chi connectivity index (χ1n) is 5.39. The minimum absolute atomic E-state index is 0.0696. The van der Waals surface area contributed by atoms with Crippen LogP contribution in [0.15, 0.2) is 18.2 Å². The molecule has 1 aliphatic rings. The van der Waals surface area contributed by atoms with Crippen molar-refractivity contribution in [2.45, 2.75) is 19.9 Å². The van der Waals surface area contributed by atoms with E-state index in [1.54, 1.807) is 18.2 Å². The van der Waals surface area contributed by atoms with E-state index in [-0.39, 0.29) is 18.6 Å². The van der Waals surface area contributed by atoms with Gasteiger partial charge in [-0.2, -0.15) is 0 Å². The molecule has 0 radical (unpaired) electrons. The van der Waals surface area contributed by atoms with Crippen LogP contribution < -0.4 is 14.8 Å². The van der Waals surface area contributed by atoms with Crippen LogP contribution in [0.4, 0.5) is 0 Å². The molecule has 1 aromatic carbocycles. The van der Waals surface area contributed by atoms with Crippen LogP contribution in [0.25, 0.3) is 0 Å². The van der Waals surface area contributed by atoms with Gasteiger partial charge < -0.3 is 14.8 Å². The van der Waals surface area contributed by atoms with Gasteiger partial charge in [0, 0.05) is 5.56 Å². The number of rotatable bonds is 4. The van der Waals surface area contributed by atoms with Gasteiger partial charge in [0.25, 0.3) is 0 Å². The van der Waals surface area contributed by atoms with Crippen molar-refractivity contribution in [3.05, 3.63) is 23.8 Å². The smallest absolute Gasteiger partial charge is 0.231 e. The first-order chi connectivity index (χ1) is 7.72. The van der Waals surface area contributed by atoms with Crippen LogP contribution in [0.3, 0.4) is 0 Å². The second kappa shape index (κ2) is 4.53. The van der Waals surface area contributed by atoms with E-state index in [0.29, 0.717) is 17.1 Å². The largest absolute Gasteiger partial charge is 0.454 e. The lowest BCUT2D eigenvalue weighted by molar-refractivity contribution is 0.0951. The van der Waals surface area contributed by atoms with E-state index in [0.717, 1.165) is 6.54 Å². The van der Waals surface area contributed by atoms with Gasteiger partial charge in [-0.25, -0.2) is 0 Å². The van der Waals surface area contributed by atoms with Crippen molar-refractivity contribution in [1.29, 1.82) is 0 Å². The topological polar surface area (TPSA) is 47.6 Å². The molecule has 0 saturated carbocycles. The Kier molecular flexibility index (Phi) is 3.10. The highest BCUT2D eigenvalue weighted by Crippen LogP contribution is 2.32. The molecule has 1 unspecified atom stereocenters. The Labute approximate surface area is 94.6 Å². The van der Waals surface area contributed by atoms with Crippen molar-refractivity contribution in [3.8, 4) is 11.5 Å². The molecule has 4 heteroatoms. The molecule has 1 atom stereocenters. The predicted octanol–water partition coefficient (Wildman–Crippen LogP) is 1.60. The summed E-state index contributed by atoms with van der Waals surface area (Å²) in [7, 11) is 0. The zero-order chi connectivity index (χ0) is 11.5. The quantitative estimate of drug-likeness (QED) is 0.784. The van der Waals surface area contributed by atoms with Gasteiger partial charge in [-0.05, 0) is 31.7 Å². The minimum atomic E-state index is -0.176. The maximum absolute atomic E-state index is 12.0. The number of carbonyl (C=O) groups excluding carboxylic acids is 1. The molecule has 0 saturated heterocycles. The lowest BCUT2D eigenvalue weighted by Crippen LogP contribution is -2.33. The summed E-state index contributed by atoms with van der Waals surface area (Å²) in [6, 6.07) is 5.10. The summed E-state index contributed by atoms with van der Waals surface area (Å²) in [5.74, 6) is 1.42. The van der Waals surface area contributed by atoms with Crippen molar-refractivity contribution < 1.29 is 14.3 Å². The number of hydrogen-bond acceptors (Lipinski definition) is 4. The van der Waals surface area contributed by atoms with Gasteiger partial charge in [0.05, 0.1) is 6.04 Å². The van der Waals surface area contributed by atoms with Crippen LogP contribution in [0.2, 0.25) is 0 Å². The van der Waals surface area contributed by atoms with Crippen molar-refractivity contribution >= 4 is 5.78 Å². The van der Waals surface area contributed by atoms with E-state index in [1.165, 1.54) is 0 Å². The highest BCUT2D eigenvalue weighted by Gasteiger charge is 2.19. The molecule has 16 heavy (non-hydrogen) atoms. The summed E-state index contributed by atoms with van der Waals surface area (Å²) in [5, 5.41) is 3.09. The molecule has 0 aliphatic carbocycles. The lowest BCUT2D eigenvalue weighted by Gasteiger charge is -2.11. The van der Waals surface area contributed by atoms with Crippen molar-refractivity contribution in [3.63, 3.8) is 0 Å². The van der Waals surface area contributed by atoms with Crippen LogP contribution in [-0.4, -0.2) is 25.2 Å². The van der Waals surface area contributed by atoms with Crippen LogP contribution in [0.5, 0.6) is 11.5 Å². The van der Waals surface area contributed by atoms with E-state index in [1.807, 2.05) is 13.8 Å². The second-order valence-corrected chi connectivity index (χ2v) is 3.71. The summed E-state index contributed by atoms with van der Waals surface area (Å²) in [4.78, 5) is 12.0. The molecule has 2 rings (SSSR count). The zero-order valence-corrected chi connectivity index (χ0v) is 9.45. The van der Waals surface area contributed by atoms with Gasteiger partial charge in [0.1, 0.15) is 0 Å². The molecule has 86 valence electrons. The van der Waals surface area contributed by atoms with Crippen LogP contribution in [0, 0.1) is 0 Å². The molecular weight excluding hydrogens is 206 g/mol. The van der Waals surface area contributed by atoms with Gasteiger partial charge in [-0.1, -0.05) is 6.92 Å². The number of nitrogens with one attached hydrogen (secondary N) is 1. The molecular formula is C12H15NO3. The average molecular weight is 221 g/mol. The highest BCUT2D eigenvalue weighted by atomic mass is 16.7. The van der Waals surface area contributed by atoms with E-state index in [9.17, 15) is 4.79 Å². The fraction of sp³-hybridized carbons (Fsp3) is 0.417. The number of Topliss-reactive ketones (excluding diaryl/α,β-unsaturated/α-hetero) is 1. The number of ether oxygens (including phenoxy) is 2. The number of likely N-dealkylation sites (N-methyl/N-ethyl adjacent to an activating group) is 1. The number of benzene rings is 1. The summed E-state index contributed by atoms with van der Waals surface area (Å²) in [6.07, 6.45) is 0. The fourth-order valence-electron chi connectivity index (χ4n) is 1.70. The van der Waals surface area contributed by atoms with Crippen molar-refractivity contribution in [2.24, 2.45) is 0 Å². The standard InChI is InChI=1S/C12H15NO3/c1-3-13-8(2)12(14)9-4-5-10-11(6-9)16-7-15-10/h4-6,8,13H,3,7H2,1-2H3. The Morgan fingerprint density at radius 2 is 2.19 bits per heavy atom. The summed E-state index contributed by atoms with van der Waals surface area (Å²) in [6.45, 7) is 4.84. The SMILES string of the molecule is CCNC(C)C(=O)c1ccc2c(c1)OCO2. The molecule has 1 aromatic rings. The van der Waals surface area contributed by atoms with E-state index in [4.69, 9.17) is 9.47 Å². The normalized spacial score (nSPS) is 14.9. The third-order valence-electron chi connectivity index (χ3n) is 2.56. The zero-order valence-electron chi connectivity index (χ0n) is 9.45. The van der Waals surface area contributed by atoms with Gasteiger partial charge in [-0.15, -0.1) is 0 Å². The van der Waals surface area contributed by atoms with Crippen molar-refractivity contribution in [2.75, 3.05) is 13.3 Å². The maximum Gasteiger partial charge on any atom is 0.231 e. The molecule has 1 aliphatic heterocycles. The predicted molar refractivity (Wildman–Crippen MR) is 60.0 cm³/mol. The first-order valence-corrected chi connectivity index (χ1v) is 5.39. The van der Waals surface area contributed by atoms with Crippen LogP contribution in [0.1, 0.15) is 24.2 Å². The van der Waals surface area contributed by atoms with Gasteiger partial charge in [-0.3, -0.25) is 4.79 Å². The molecule has 4 nitrogen and oxygen atoms in total. The lowest BCUT2D eigenvalue weighted by atomic mass is 10.0. The molecule has 0 amide bonds. The summed E-state index contributed by atoms with van der Waals surface area (Å²) < 4.78 is 10.4. The molecule has 1 heterocycles. The third kappa shape index (κ3) is 2.02. The Morgan fingerprint density at radius 3 is 2.94 bits per heavy atom. The van der Waals surface area contributed by atoms with Crippen LogP contribution in [-0.2, 0) is 0 Å². The van der Waals surface area contributed by atoms with E-state index in [2.05, 4.69) is 5.32 Å². The number of ketones is 1. The first kappa shape index (κ1) is 11.0. The highest BCUT2D eigenvalue weighted by molar-refractivity contribution is 6.00. The Morgan fingerprint density at radius 1 is 1.44 bits per heavy atom. The average Bonchev–Trinajstić information content (AvgIpc) is 2.75. The second-order valence-electron chi connectivity index (χ2n) is 3.71. The molecule has 0 fully saturated rings. The number of hydrogen-bond donors (Lipinski definition) is 1. The monoisotopic (exact) mass is 221 g/mol. The third-order valence-corrected chi connectivity index (χ3v) is 2.56. The summed E-state index contributed by atoms with van der Waals surface area (Å²) in [5.41, 5.74) is 0.651.